The van der Waals surface area contributed by atoms with Gasteiger partial charge in [0.1, 0.15) is 5.02 Å². The Morgan fingerprint density at radius 1 is 1.37 bits per heavy atom. The number of halogens is 2. The Hall–Kier alpha value is -1.33. The van der Waals surface area contributed by atoms with E-state index in [2.05, 4.69) is 36.5 Å². The maximum atomic E-state index is 6.11. The van der Waals surface area contributed by atoms with E-state index in [1.54, 1.807) is 6.20 Å². The van der Waals surface area contributed by atoms with Crippen molar-refractivity contribution in [2.24, 2.45) is 0 Å². The van der Waals surface area contributed by atoms with Gasteiger partial charge in [-0.2, -0.15) is 4.98 Å². The minimum absolute atomic E-state index is 0.487. The van der Waals surface area contributed by atoms with Crippen LogP contribution in [-0.2, 0) is 0 Å². The van der Waals surface area contributed by atoms with E-state index in [1.165, 1.54) is 0 Å². The number of anilines is 3. The van der Waals surface area contributed by atoms with Crippen molar-refractivity contribution < 1.29 is 0 Å². The van der Waals surface area contributed by atoms with Crippen LogP contribution in [0.1, 0.15) is 12.5 Å². The second-order valence-electron chi connectivity index (χ2n) is 3.96. The number of aromatic nitrogens is 2. The zero-order chi connectivity index (χ0) is 13.8. The summed E-state index contributed by atoms with van der Waals surface area (Å²) in [5.41, 5.74) is 2.06. The molecule has 100 valence electrons. The van der Waals surface area contributed by atoms with Gasteiger partial charge in [0.05, 0.1) is 6.20 Å². The number of benzene rings is 1. The first-order chi connectivity index (χ1) is 9.11. The van der Waals surface area contributed by atoms with Crippen LogP contribution < -0.4 is 10.6 Å². The summed E-state index contributed by atoms with van der Waals surface area (Å²) in [7, 11) is 0. The van der Waals surface area contributed by atoms with Gasteiger partial charge in [-0.3, -0.25) is 0 Å². The van der Waals surface area contributed by atoms with Crippen LogP contribution in [0.15, 0.2) is 28.9 Å². The lowest BCUT2D eigenvalue weighted by atomic mass is 10.2. The molecule has 0 fully saturated rings. The van der Waals surface area contributed by atoms with Crippen molar-refractivity contribution in [1.29, 1.82) is 0 Å². The SMILES string of the molecule is CCNc1ncc(Cl)c(Nc2cccc(Br)c2C)n1. The van der Waals surface area contributed by atoms with Gasteiger partial charge in [0.25, 0.3) is 0 Å². The predicted molar refractivity (Wildman–Crippen MR) is 83.4 cm³/mol. The molecule has 1 aromatic carbocycles. The van der Waals surface area contributed by atoms with Crippen LogP contribution in [0.2, 0.25) is 5.02 Å². The minimum Gasteiger partial charge on any atom is -0.354 e. The Morgan fingerprint density at radius 2 is 2.16 bits per heavy atom. The van der Waals surface area contributed by atoms with Crippen molar-refractivity contribution in [3.63, 3.8) is 0 Å². The highest BCUT2D eigenvalue weighted by atomic mass is 79.9. The summed E-state index contributed by atoms with van der Waals surface area (Å²) in [4.78, 5) is 8.45. The molecule has 1 aromatic heterocycles. The molecular weight excluding hydrogens is 328 g/mol. The molecule has 4 nitrogen and oxygen atoms in total. The monoisotopic (exact) mass is 340 g/mol. The minimum atomic E-state index is 0.487. The molecule has 0 radical (unpaired) electrons. The molecule has 0 aliphatic carbocycles. The van der Waals surface area contributed by atoms with Crippen LogP contribution in [0, 0.1) is 6.92 Å². The van der Waals surface area contributed by atoms with Gasteiger partial charge in [-0.15, -0.1) is 0 Å². The van der Waals surface area contributed by atoms with E-state index < -0.39 is 0 Å². The highest BCUT2D eigenvalue weighted by Gasteiger charge is 2.08. The first kappa shape index (κ1) is 14.1. The summed E-state index contributed by atoms with van der Waals surface area (Å²) >= 11 is 9.61. The van der Waals surface area contributed by atoms with Crippen LogP contribution in [0.25, 0.3) is 0 Å². The van der Waals surface area contributed by atoms with Crippen molar-refractivity contribution in [1.82, 2.24) is 9.97 Å². The van der Waals surface area contributed by atoms with Crippen LogP contribution in [0.5, 0.6) is 0 Å². The van der Waals surface area contributed by atoms with Gasteiger partial charge >= 0.3 is 0 Å². The fourth-order valence-electron chi connectivity index (χ4n) is 1.57. The van der Waals surface area contributed by atoms with Gasteiger partial charge in [-0.05, 0) is 31.5 Å². The summed E-state index contributed by atoms with van der Waals surface area (Å²) in [6.45, 7) is 4.77. The lowest BCUT2D eigenvalue weighted by Crippen LogP contribution is -2.05. The number of nitrogens with zero attached hydrogens (tertiary/aromatic N) is 2. The highest BCUT2D eigenvalue weighted by molar-refractivity contribution is 9.10. The fraction of sp³-hybridized carbons (Fsp3) is 0.231. The molecule has 0 spiro atoms. The molecule has 2 N–H and O–H groups in total. The first-order valence-corrected chi connectivity index (χ1v) is 7.07. The van der Waals surface area contributed by atoms with Crippen molar-refractivity contribution in [3.05, 3.63) is 39.5 Å². The molecule has 2 rings (SSSR count). The van der Waals surface area contributed by atoms with E-state index in [0.29, 0.717) is 16.8 Å². The van der Waals surface area contributed by atoms with E-state index in [-0.39, 0.29) is 0 Å². The van der Waals surface area contributed by atoms with Crippen LogP contribution in [0.4, 0.5) is 17.5 Å². The van der Waals surface area contributed by atoms with Gasteiger partial charge in [0.15, 0.2) is 5.82 Å². The summed E-state index contributed by atoms with van der Waals surface area (Å²) in [5, 5.41) is 6.77. The Labute approximate surface area is 125 Å². The van der Waals surface area contributed by atoms with Crippen LogP contribution >= 0.6 is 27.5 Å². The molecule has 0 aliphatic rings. The van der Waals surface area contributed by atoms with E-state index in [1.807, 2.05) is 32.0 Å². The van der Waals surface area contributed by atoms with E-state index in [4.69, 9.17) is 11.6 Å². The average Bonchev–Trinajstić information content (AvgIpc) is 2.39. The largest absolute Gasteiger partial charge is 0.354 e. The third-order valence-electron chi connectivity index (χ3n) is 2.60. The van der Waals surface area contributed by atoms with Crippen molar-refractivity contribution in [3.8, 4) is 0 Å². The standard InChI is InChI=1S/C13H14BrClN4/c1-3-16-13-17-7-10(15)12(19-13)18-11-6-4-5-9(14)8(11)2/h4-7H,3H2,1-2H3,(H2,16,17,18,19). The second kappa shape index (κ2) is 6.21. The first-order valence-electron chi connectivity index (χ1n) is 5.90. The van der Waals surface area contributed by atoms with Crippen molar-refractivity contribution in [2.75, 3.05) is 17.2 Å². The van der Waals surface area contributed by atoms with Crippen molar-refractivity contribution >= 4 is 45.0 Å². The second-order valence-corrected chi connectivity index (χ2v) is 5.22. The smallest absolute Gasteiger partial charge is 0.224 e. The molecule has 19 heavy (non-hydrogen) atoms. The zero-order valence-corrected chi connectivity index (χ0v) is 13.0. The van der Waals surface area contributed by atoms with Gasteiger partial charge in [0, 0.05) is 16.7 Å². The zero-order valence-electron chi connectivity index (χ0n) is 10.7. The molecule has 0 amide bonds. The lowest BCUT2D eigenvalue weighted by Gasteiger charge is -2.12. The normalized spacial score (nSPS) is 10.3. The molecule has 0 atom stereocenters. The van der Waals surface area contributed by atoms with Crippen molar-refractivity contribution in [2.45, 2.75) is 13.8 Å². The van der Waals surface area contributed by atoms with Gasteiger partial charge < -0.3 is 10.6 Å². The lowest BCUT2D eigenvalue weighted by molar-refractivity contribution is 1.09. The maximum Gasteiger partial charge on any atom is 0.224 e. The van der Waals surface area contributed by atoms with Crippen LogP contribution in [0.3, 0.4) is 0 Å². The highest BCUT2D eigenvalue weighted by Crippen LogP contribution is 2.28. The third kappa shape index (κ3) is 3.36. The number of hydrogen-bond acceptors (Lipinski definition) is 4. The van der Waals surface area contributed by atoms with Gasteiger partial charge in [-0.25, -0.2) is 4.98 Å². The Kier molecular flexibility index (Phi) is 4.61. The van der Waals surface area contributed by atoms with E-state index >= 15 is 0 Å². The van der Waals surface area contributed by atoms with E-state index in [0.717, 1.165) is 22.3 Å². The third-order valence-corrected chi connectivity index (χ3v) is 3.74. The predicted octanol–water partition coefficient (Wildman–Crippen LogP) is 4.38. The molecular formula is C13H14BrClN4. The summed E-state index contributed by atoms with van der Waals surface area (Å²) < 4.78 is 1.04. The molecule has 0 bridgehead atoms. The summed E-state index contributed by atoms with van der Waals surface area (Å²) in [5.74, 6) is 1.15. The topological polar surface area (TPSA) is 49.8 Å². The fourth-order valence-corrected chi connectivity index (χ4v) is 2.07. The molecule has 1 heterocycles. The summed E-state index contributed by atoms with van der Waals surface area (Å²) in [6, 6.07) is 5.93. The summed E-state index contributed by atoms with van der Waals surface area (Å²) in [6.07, 6.45) is 1.59. The molecule has 2 aromatic rings. The Bertz CT molecular complexity index is 589. The van der Waals surface area contributed by atoms with E-state index in [9.17, 15) is 0 Å². The average molecular weight is 342 g/mol. The number of nitrogens with one attached hydrogen (secondary N) is 2. The quantitative estimate of drug-likeness (QED) is 0.866. The maximum absolute atomic E-state index is 6.11. The molecule has 0 saturated carbocycles. The van der Waals surface area contributed by atoms with Gasteiger partial charge in [0.2, 0.25) is 5.95 Å². The Balaban J connectivity index is 2.32. The molecule has 6 heteroatoms. The van der Waals surface area contributed by atoms with Crippen LogP contribution in [-0.4, -0.2) is 16.5 Å². The molecule has 0 unspecified atom stereocenters. The molecule has 0 saturated heterocycles. The molecule has 0 aliphatic heterocycles. The number of rotatable bonds is 4. The Morgan fingerprint density at radius 3 is 2.89 bits per heavy atom. The van der Waals surface area contributed by atoms with Gasteiger partial charge in [-0.1, -0.05) is 33.6 Å². The number of hydrogen-bond donors (Lipinski definition) is 2.